The van der Waals surface area contributed by atoms with E-state index in [0.29, 0.717) is 41.4 Å². The van der Waals surface area contributed by atoms with Crippen LogP contribution >= 0.6 is 23.2 Å². The van der Waals surface area contributed by atoms with Crippen molar-refractivity contribution >= 4 is 29.1 Å². The van der Waals surface area contributed by atoms with E-state index < -0.39 is 0 Å². The molecule has 0 unspecified atom stereocenters. The summed E-state index contributed by atoms with van der Waals surface area (Å²) in [5.41, 5.74) is 0.984. The van der Waals surface area contributed by atoms with Crippen molar-refractivity contribution in [1.82, 2.24) is 14.5 Å². The first-order valence-corrected chi connectivity index (χ1v) is 9.89. The first kappa shape index (κ1) is 19.2. The number of amides is 1. The van der Waals surface area contributed by atoms with Crippen LogP contribution in [0.2, 0.25) is 10.0 Å². The lowest BCUT2D eigenvalue weighted by Gasteiger charge is -2.24. The third-order valence-corrected chi connectivity index (χ3v) is 5.19. The minimum Gasteiger partial charge on any atom is -0.335 e. The highest BCUT2D eigenvalue weighted by Gasteiger charge is 2.27. The van der Waals surface area contributed by atoms with E-state index >= 15 is 0 Å². The van der Waals surface area contributed by atoms with E-state index in [1.165, 1.54) is 12.8 Å². The minimum atomic E-state index is 0.214. The smallest absolute Gasteiger partial charge is 0.223 e. The van der Waals surface area contributed by atoms with Crippen LogP contribution < -0.4 is 0 Å². The molecule has 0 bridgehead atoms. The van der Waals surface area contributed by atoms with E-state index in [1.807, 2.05) is 23.2 Å². The first-order valence-electron chi connectivity index (χ1n) is 9.14. The molecule has 2 aromatic rings. The van der Waals surface area contributed by atoms with Gasteiger partial charge in [0.25, 0.3) is 0 Å². The average Bonchev–Trinajstić information content (AvgIpc) is 3.27. The zero-order chi connectivity index (χ0) is 18.7. The topological polar surface area (TPSA) is 38.1 Å². The molecule has 0 saturated heterocycles. The van der Waals surface area contributed by atoms with Crippen LogP contribution in [-0.4, -0.2) is 26.9 Å². The number of carbonyl (C=O) groups excluding carboxylic acids is 1. The maximum atomic E-state index is 12.7. The fourth-order valence-corrected chi connectivity index (χ4v) is 3.45. The lowest BCUT2D eigenvalue weighted by atomic mass is 10.1. The molecule has 1 aliphatic rings. The zero-order valence-corrected chi connectivity index (χ0v) is 16.8. The van der Waals surface area contributed by atoms with Gasteiger partial charge in [0.2, 0.25) is 5.91 Å². The molecule has 3 rings (SSSR count). The quantitative estimate of drug-likeness (QED) is 0.630. The summed E-state index contributed by atoms with van der Waals surface area (Å²) >= 11 is 12.3. The second kappa shape index (κ2) is 8.45. The lowest BCUT2D eigenvalue weighted by Crippen LogP contribution is -2.34. The van der Waals surface area contributed by atoms with Gasteiger partial charge in [-0.2, -0.15) is 0 Å². The fourth-order valence-electron chi connectivity index (χ4n) is 2.98. The first-order chi connectivity index (χ1) is 12.4. The highest BCUT2D eigenvalue weighted by atomic mass is 35.5. The highest BCUT2D eigenvalue weighted by molar-refractivity contribution is 6.35. The number of halogens is 2. The monoisotopic (exact) mass is 393 g/mol. The number of imidazole rings is 1. The Bertz CT molecular complexity index is 768. The van der Waals surface area contributed by atoms with E-state index in [4.69, 9.17) is 23.2 Å². The van der Waals surface area contributed by atoms with Crippen molar-refractivity contribution in [3.8, 4) is 0 Å². The summed E-state index contributed by atoms with van der Waals surface area (Å²) in [5, 5.41) is 1.27. The molecule has 1 aromatic heterocycles. The van der Waals surface area contributed by atoms with Crippen molar-refractivity contribution in [2.24, 2.45) is 11.8 Å². The Morgan fingerprint density at radius 1 is 1.35 bits per heavy atom. The van der Waals surface area contributed by atoms with Crippen LogP contribution in [0.5, 0.6) is 0 Å². The van der Waals surface area contributed by atoms with Gasteiger partial charge in [0, 0.05) is 35.4 Å². The molecule has 0 aliphatic heterocycles. The Labute approximate surface area is 165 Å². The molecule has 0 spiro atoms. The molecule has 4 nitrogen and oxygen atoms in total. The number of nitrogens with zero attached hydrogens (tertiary/aromatic N) is 3. The maximum Gasteiger partial charge on any atom is 0.223 e. The Hall–Kier alpha value is -1.52. The molecule has 0 atom stereocenters. The van der Waals surface area contributed by atoms with Gasteiger partial charge in [0.1, 0.15) is 5.82 Å². The van der Waals surface area contributed by atoms with Gasteiger partial charge in [-0.3, -0.25) is 4.79 Å². The van der Waals surface area contributed by atoms with Crippen molar-refractivity contribution in [1.29, 1.82) is 0 Å². The summed E-state index contributed by atoms with van der Waals surface area (Å²) in [5.74, 6) is 2.11. The molecule has 6 heteroatoms. The summed E-state index contributed by atoms with van der Waals surface area (Å²) < 4.78 is 2.05. The van der Waals surface area contributed by atoms with Crippen molar-refractivity contribution in [2.45, 2.75) is 46.2 Å². The van der Waals surface area contributed by atoms with Crippen LogP contribution in [0.15, 0.2) is 30.6 Å². The van der Waals surface area contributed by atoms with Crippen molar-refractivity contribution in [3.63, 3.8) is 0 Å². The largest absolute Gasteiger partial charge is 0.335 e. The summed E-state index contributed by atoms with van der Waals surface area (Å²) in [6, 6.07) is 5.52. The van der Waals surface area contributed by atoms with Crippen LogP contribution in [0.1, 0.15) is 44.5 Å². The van der Waals surface area contributed by atoms with Crippen LogP contribution in [0, 0.1) is 11.8 Å². The van der Waals surface area contributed by atoms with Gasteiger partial charge < -0.3 is 9.47 Å². The Balaban J connectivity index is 1.73. The van der Waals surface area contributed by atoms with Crippen LogP contribution in [0.3, 0.4) is 0 Å². The van der Waals surface area contributed by atoms with Crippen LogP contribution in [-0.2, 0) is 17.9 Å². The predicted molar refractivity (Wildman–Crippen MR) is 105 cm³/mol. The molecule has 140 valence electrons. The molecular weight excluding hydrogens is 369 g/mol. The molecule has 1 saturated carbocycles. The summed E-state index contributed by atoms with van der Waals surface area (Å²) in [7, 11) is 0. The van der Waals surface area contributed by atoms with E-state index in [1.54, 1.807) is 12.3 Å². The SMILES string of the molecule is CC(C)CC(=O)N(Cc1nccn1Cc1ccc(Cl)cc1Cl)CC1CC1. The molecule has 1 aliphatic carbocycles. The third kappa shape index (κ3) is 5.24. The molecule has 0 N–H and O–H groups in total. The van der Waals surface area contributed by atoms with Gasteiger partial charge in [0.15, 0.2) is 0 Å². The molecule has 1 amide bonds. The van der Waals surface area contributed by atoms with Gasteiger partial charge in [-0.1, -0.05) is 43.1 Å². The number of hydrogen-bond acceptors (Lipinski definition) is 2. The molecule has 1 fully saturated rings. The van der Waals surface area contributed by atoms with Gasteiger partial charge >= 0.3 is 0 Å². The normalized spacial score (nSPS) is 14.0. The van der Waals surface area contributed by atoms with Crippen molar-refractivity contribution in [3.05, 3.63) is 52.0 Å². The van der Waals surface area contributed by atoms with Crippen molar-refractivity contribution < 1.29 is 4.79 Å². The third-order valence-electron chi connectivity index (χ3n) is 4.60. The van der Waals surface area contributed by atoms with E-state index in [2.05, 4.69) is 23.4 Å². The molecule has 1 heterocycles. The Morgan fingerprint density at radius 3 is 2.77 bits per heavy atom. The minimum absolute atomic E-state index is 0.214. The van der Waals surface area contributed by atoms with E-state index in [0.717, 1.165) is 17.9 Å². The summed E-state index contributed by atoms with van der Waals surface area (Å²) in [6.45, 7) is 6.15. The van der Waals surface area contributed by atoms with Crippen LogP contribution in [0.25, 0.3) is 0 Å². The zero-order valence-electron chi connectivity index (χ0n) is 15.3. The number of benzene rings is 1. The summed E-state index contributed by atoms with van der Waals surface area (Å²) in [4.78, 5) is 19.1. The predicted octanol–water partition coefficient (Wildman–Crippen LogP) is 5.02. The average molecular weight is 394 g/mol. The number of rotatable bonds is 8. The van der Waals surface area contributed by atoms with Gasteiger partial charge in [-0.25, -0.2) is 4.98 Å². The van der Waals surface area contributed by atoms with Crippen LogP contribution in [0.4, 0.5) is 0 Å². The fraction of sp³-hybridized carbons (Fsp3) is 0.500. The number of carbonyl (C=O) groups is 1. The number of aromatic nitrogens is 2. The van der Waals surface area contributed by atoms with Gasteiger partial charge in [-0.05, 0) is 42.4 Å². The highest BCUT2D eigenvalue weighted by Crippen LogP contribution is 2.30. The molecule has 26 heavy (non-hydrogen) atoms. The number of hydrogen-bond donors (Lipinski definition) is 0. The molecule has 1 aromatic carbocycles. The Morgan fingerprint density at radius 2 is 2.12 bits per heavy atom. The maximum absolute atomic E-state index is 12.7. The second-order valence-corrected chi connectivity index (χ2v) is 8.37. The Kier molecular flexibility index (Phi) is 6.25. The van der Waals surface area contributed by atoms with Crippen molar-refractivity contribution in [2.75, 3.05) is 6.54 Å². The molecule has 0 radical (unpaired) electrons. The van der Waals surface area contributed by atoms with Gasteiger partial charge in [0.05, 0.1) is 13.1 Å². The second-order valence-electron chi connectivity index (χ2n) is 7.52. The van der Waals surface area contributed by atoms with E-state index in [9.17, 15) is 4.79 Å². The van der Waals surface area contributed by atoms with E-state index in [-0.39, 0.29) is 5.91 Å². The lowest BCUT2D eigenvalue weighted by molar-refractivity contribution is -0.133. The summed E-state index contributed by atoms with van der Waals surface area (Å²) in [6.07, 6.45) is 6.74. The van der Waals surface area contributed by atoms with Gasteiger partial charge in [-0.15, -0.1) is 0 Å². The standard InChI is InChI=1S/C20H25Cl2N3O/c1-14(2)9-20(26)25(11-15-3-4-15)13-19-23-7-8-24(19)12-16-5-6-17(21)10-18(16)22/h5-8,10,14-15H,3-4,9,11-13H2,1-2H3. The molecular formula is C20H25Cl2N3O.